The number of nitrogens with one attached hydrogen (secondary N) is 2. The Hall–Kier alpha value is -4.41. The number of pyridine rings is 1. The second kappa shape index (κ2) is 10.9. The molecule has 0 saturated heterocycles. The number of benzene rings is 3. The van der Waals surface area contributed by atoms with Crippen molar-refractivity contribution in [1.29, 1.82) is 0 Å². The number of carbonyl (C=O) groups is 2. The van der Waals surface area contributed by atoms with E-state index in [2.05, 4.69) is 15.6 Å². The molecule has 0 aliphatic rings. The van der Waals surface area contributed by atoms with Crippen LogP contribution < -0.4 is 10.6 Å². The van der Waals surface area contributed by atoms with E-state index in [0.717, 1.165) is 34.4 Å². The molecule has 0 bridgehead atoms. The van der Waals surface area contributed by atoms with Gasteiger partial charge in [0.05, 0.1) is 11.5 Å². The summed E-state index contributed by atoms with van der Waals surface area (Å²) in [6, 6.07) is 18.7. The molecule has 10 heteroatoms. The fraction of sp³-hybridized carbons (Fsp3) is 0.107. The molecule has 8 nitrogen and oxygen atoms in total. The lowest BCUT2D eigenvalue weighted by Gasteiger charge is -2.17. The number of halogens is 1. The van der Waals surface area contributed by atoms with Crippen molar-refractivity contribution in [3.05, 3.63) is 107 Å². The van der Waals surface area contributed by atoms with Gasteiger partial charge in [0.25, 0.3) is 11.8 Å². The molecule has 0 spiro atoms. The minimum Gasteiger partial charge on any atom is -0.392 e. The third-order valence-electron chi connectivity index (χ3n) is 6.07. The van der Waals surface area contributed by atoms with Gasteiger partial charge in [-0.05, 0) is 78.1 Å². The first-order valence-corrected chi connectivity index (χ1v) is 12.9. The highest BCUT2D eigenvalue weighted by Gasteiger charge is 2.17. The van der Waals surface area contributed by atoms with Crippen LogP contribution in [-0.2, 0) is 16.8 Å². The van der Waals surface area contributed by atoms with Crippen molar-refractivity contribution in [3.8, 4) is 11.1 Å². The van der Waals surface area contributed by atoms with E-state index in [4.69, 9.17) is 5.11 Å². The van der Waals surface area contributed by atoms with Crippen molar-refractivity contribution in [2.45, 2.75) is 25.3 Å². The van der Waals surface area contributed by atoms with Crippen LogP contribution in [0.25, 0.3) is 11.1 Å². The molecule has 0 saturated carbocycles. The number of rotatable bonds is 7. The molecule has 1 heterocycles. The van der Waals surface area contributed by atoms with Crippen molar-refractivity contribution < 1.29 is 27.0 Å². The molecule has 4 aromatic rings. The molecule has 0 aliphatic heterocycles. The third kappa shape index (κ3) is 5.77. The predicted octanol–water partition coefficient (Wildman–Crippen LogP) is 5.02. The zero-order valence-electron chi connectivity index (χ0n) is 20.5. The van der Waals surface area contributed by atoms with E-state index in [1.54, 1.807) is 30.3 Å². The quantitative estimate of drug-likeness (QED) is 0.287. The number of hydrogen-bond acceptors (Lipinski definition) is 6. The summed E-state index contributed by atoms with van der Waals surface area (Å²) in [5.74, 6) is -0.988. The zero-order valence-corrected chi connectivity index (χ0v) is 21.3. The molecule has 0 aliphatic carbocycles. The topological polar surface area (TPSA) is 125 Å². The number of carbonyl (C=O) groups excluding carboxylic acids is 2. The summed E-state index contributed by atoms with van der Waals surface area (Å²) in [7, 11) is -4.95. The highest BCUT2D eigenvalue weighted by Crippen LogP contribution is 2.34. The predicted molar refractivity (Wildman–Crippen MR) is 142 cm³/mol. The summed E-state index contributed by atoms with van der Waals surface area (Å²) in [6.45, 7) is 3.52. The number of aliphatic hydroxyl groups is 1. The molecule has 38 heavy (non-hydrogen) atoms. The van der Waals surface area contributed by atoms with E-state index in [-0.39, 0.29) is 17.9 Å². The maximum Gasteiger partial charge on any atom is 0.332 e. The Kier molecular flexibility index (Phi) is 7.65. The van der Waals surface area contributed by atoms with Gasteiger partial charge in [0.2, 0.25) is 0 Å². The van der Waals surface area contributed by atoms with Crippen LogP contribution in [0, 0.1) is 13.8 Å². The molecule has 3 N–H and O–H groups in total. The number of anilines is 2. The van der Waals surface area contributed by atoms with Crippen LogP contribution in [-0.4, -0.2) is 30.3 Å². The van der Waals surface area contributed by atoms with Gasteiger partial charge in [0.1, 0.15) is 5.69 Å². The molecule has 0 radical (unpaired) electrons. The molecule has 194 valence electrons. The van der Waals surface area contributed by atoms with Gasteiger partial charge in [-0.3, -0.25) is 14.6 Å². The fourth-order valence-corrected chi connectivity index (χ4v) is 4.46. The Morgan fingerprint density at radius 1 is 0.842 bits per heavy atom. The zero-order chi connectivity index (χ0) is 27.4. The summed E-state index contributed by atoms with van der Waals surface area (Å²) in [6.07, 6.45) is 1.44. The summed E-state index contributed by atoms with van der Waals surface area (Å²) >= 11 is 0. The average Bonchev–Trinajstić information content (AvgIpc) is 2.91. The fourth-order valence-electron chi connectivity index (χ4n) is 3.95. The molecule has 3 aromatic carbocycles. The number of nitrogens with zero attached hydrogens (tertiary/aromatic N) is 1. The molecule has 4 rings (SSSR count). The lowest BCUT2D eigenvalue weighted by atomic mass is 9.94. The van der Waals surface area contributed by atoms with Crippen molar-refractivity contribution in [2.24, 2.45) is 0 Å². The van der Waals surface area contributed by atoms with Gasteiger partial charge in [-0.1, -0.05) is 36.4 Å². The number of aliphatic hydroxyl groups excluding tert-OH is 1. The summed E-state index contributed by atoms with van der Waals surface area (Å²) in [5.41, 5.74) is 5.03. The first-order chi connectivity index (χ1) is 18.1. The van der Waals surface area contributed by atoms with Crippen molar-refractivity contribution in [1.82, 2.24) is 4.98 Å². The minimum atomic E-state index is -4.95. The normalized spacial score (nSPS) is 11.2. The molecular formula is C28H24FN3O5S. The van der Waals surface area contributed by atoms with Crippen LogP contribution in [0.1, 0.15) is 37.5 Å². The highest BCUT2D eigenvalue weighted by atomic mass is 32.3. The highest BCUT2D eigenvalue weighted by molar-refractivity contribution is 7.86. The van der Waals surface area contributed by atoms with Gasteiger partial charge in [-0.2, -0.15) is 8.42 Å². The standard InChI is InChI=1S/C28H24FN3O5S/c1-17-22(8-4-10-24(17)31-27(34)20-6-3-7-21(14-20)38(29,36)37)23-9-5-11-25(18(23)2)32-28(35)26-13-12-19(16-33)15-30-26/h3-15,33H,16H2,1-2H3,(H,31,34)(H,32,35). The number of amides is 2. The van der Waals surface area contributed by atoms with E-state index in [1.807, 2.05) is 26.0 Å². The summed E-state index contributed by atoms with van der Waals surface area (Å²) in [5, 5.41) is 14.8. The smallest absolute Gasteiger partial charge is 0.332 e. The van der Waals surface area contributed by atoms with Crippen molar-refractivity contribution in [3.63, 3.8) is 0 Å². The van der Waals surface area contributed by atoms with Crippen LogP contribution >= 0.6 is 0 Å². The van der Waals surface area contributed by atoms with Crippen molar-refractivity contribution >= 4 is 33.4 Å². The van der Waals surface area contributed by atoms with E-state index in [9.17, 15) is 21.9 Å². The Balaban J connectivity index is 1.60. The Morgan fingerprint density at radius 2 is 1.42 bits per heavy atom. The van der Waals surface area contributed by atoms with Gasteiger partial charge in [0.15, 0.2) is 0 Å². The maximum atomic E-state index is 13.4. The van der Waals surface area contributed by atoms with E-state index >= 15 is 0 Å². The van der Waals surface area contributed by atoms with E-state index in [1.165, 1.54) is 24.4 Å². The molecule has 0 unspecified atom stereocenters. The average molecular weight is 534 g/mol. The van der Waals surface area contributed by atoms with Gasteiger partial charge >= 0.3 is 10.2 Å². The van der Waals surface area contributed by atoms with Gasteiger partial charge in [-0.25, -0.2) is 0 Å². The Morgan fingerprint density at radius 3 is 1.95 bits per heavy atom. The van der Waals surface area contributed by atoms with Crippen LogP contribution in [0.15, 0.2) is 83.9 Å². The van der Waals surface area contributed by atoms with Gasteiger partial charge in [-0.15, -0.1) is 3.89 Å². The van der Waals surface area contributed by atoms with Gasteiger partial charge < -0.3 is 15.7 Å². The van der Waals surface area contributed by atoms with Crippen molar-refractivity contribution in [2.75, 3.05) is 10.6 Å². The maximum absolute atomic E-state index is 13.4. The Bertz CT molecular complexity index is 1640. The second-order valence-electron chi connectivity index (χ2n) is 8.54. The first kappa shape index (κ1) is 26.6. The van der Waals surface area contributed by atoms with Crippen LogP contribution in [0.4, 0.5) is 15.3 Å². The molecule has 1 aromatic heterocycles. The van der Waals surface area contributed by atoms with Crippen LogP contribution in [0.2, 0.25) is 0 Å². The molecule has 2 amide bonds. The lowest BCUT2D eigenvalue weighted by Crippen LogP contribution is -2.15. The third-order valence-corrected chi connectivity index (χ3v) is 6.89. The molecule has 0 atom stereocenters. The summed E-state index contributed by atoms with van der Waals surface area (Å²) < 4.78 is 35.8. The molecular weight excluding hydrogens is 509 g/mol. The Labute approximate surface area is 219 Å². The largest absolute Gasteiger partial charge is 0.392 e. The van der Waals surface area contributed by atoms with Gasteiger partial charge in [0, 0.05) is 23.1 Å². The monoisotopic (exact) mass is 533 g/mol. The minimum absolute atomic E-state index is 0.00458. The van der Waals surface area contributed by atoms with E-state index < -0.39 is 26.9 Å². The number of hydrogen-bond donors (Lipinski definition) is 3. The lowest BCUT2D eigenvalue weighted by molar-refractivity contribution is 0.101. The first-order valence-electron chi connectivity index (χ1n) is 11.5. The van der Waals surface area contributed by atoms with Crippen LogP contribution in [0.3, 0.4) is 0 Å². The number of aromatic nitrogens is 1. The summed E-state index contributed by atoms with van der Waals surface area (Å²) in [4.78, 5) is 29.0. The van der Waals surface area contributed by atoms with E-state index in [0.29, 0.717) is 16.9 Å². The molecule has 0 fully saturated rings. The van der Waals surface area contributed by atoms with Crippen LogP contribution in [0.5, 0.6) is 0 Å². The SMILES string of the molecule is Cc1c(NC(=O)c2cccc(S(=O)(=O)F)c2)cccc1-c1cccc(NC(=O)c2ccc(CO)cn2)c1C. The second-order valence-corrected chi connectivity index (χ2v) is 9.89.